The molecule has 1 aromatic carbocycles. The largest absolute Gasteiger partial charge is 0.398 e. The molecule has 0 aliphatic carbocycles. The number of piperidine rings is 1. The summed E-state index contributed by atoms with van der Waals surface area (Å²) in [6.45, 7) is 8.14. The van der Waals surface area contributed by atoms with Gasteiger partial charge in [-0.2, -0.15) is 0 Å². The van der Waals surface area contributed by atoms with Crippen LogP contribution in [0, 0.1) is 12.3 Å². The van der Waals surface area contributed by atoms with Gasteiger partial charge in [0.05, 0.1) is 0 Å². The fourth-order valence-electron chi connectivity index (χ4n) is 2.37. The minimum absolute atomic E-state index is 0.121. The van der Waals surface area contributed by atoms with Crippen molar-refractivity contribution in [1.82, 2.24) is 4.90 Å². The van der Waals surface area contributed by atoms with E-state index in [0.29, 0.717) is 11.1 Å². The molecule has 1 aliphatic heterocycles. The predicted octanol–water partition coefficient (Wildman–Crippen LogP) is 2.84. The van der Waals surface area contributed by atoms with Gasteiger partial charge in [0, 0.05) is 24.3 Å². The van der Waals surface area contributed by atoms with Crippen LogP contribution in [0.2, 0.25) is 0 Å². The Kier molecular flexibility index (Phi) is 3.33. The molecule has 1 heterocycles. The number of rotatable bonds is 1. The lowest BCUT2D eigenvalue weighted by atomic mass is 9.82. The molecule has 1 amide bonds. The number of carbonyl (C=O) groups excluding carboxylic acids is 1. The maximum absolute atomic E-state index is 12.5. The summed E-state index contributed by atoms with van der Waals surface area (Å²) in [6.07, 6.45) is 2.14. The summed E-state index contributed by atoms with van der Waals surface area (Å²) in [5.74, 6) is 0.121. The third kappa shape index (κ3) is 2.50. The molecule has 0 bridgehead atoms. The van der Waals surface area contributed by atoms with Crippen LogP contribution in [-0.4, -0.2) is 23.9 Å². The van der Waals surface area contributed by atoms with Crippen molar-refractivity contribution in [3.05, 3.63) is 29.3 Å². The zero-order valence-electron chi connectivity index (χ0n) is 11.5. The minimum atomic E-state index is 0.121. The van der Waals surface area contributed by atoms with Gasteiger partial charge < -0.3 is 10.6 Å². The standard InChI is InChI=1S/C15H22N2O/c1-11-12(5-4-6-13(11)16)14(18)17-9-7-15(2,3)8-10-17/h4-6H,7-10,16H2,1-3H3. The molecule has 1 fully saturated rings. The normalized spacial score (nSPS) is 18.7. The first-order chi connectivity index (χ1) is 8.41. The van der Waals surface area contributed by atoms with Crippen molar-refractivity contribution in [2.75, 3.05) is 18.8 Å². The number of hydrogen-bond donors (Lipinski definition) is 1. The van der Waals surface area contributed by atoms with E-state index in [2.05, 4.69) is 13.8 Å². The van der Waals surface area contributed by atoms with Crippen molar-refractivity contribution >= 4 is 11.6 Å². The Hall–Kier alpha value is -1.51. The van der Waals surface area contributed by atoms with E-state index in [1.807, 2.05) is 30.0 Å². The van der Waals surface area contributed by atoms with Gasteiger partial charge >= 0.3 is 0 Å². The molecule has 0 radical (unpaired) electrons. The molecule has 1 saturated heterocycles. The van der Waals surface area contributed by atoms with Gasteiger partial charge in [0.15, 0.2) is 0 Å². The zero-order chi connectivity index (χ0) is 13.3. The number of benzene rings is 1. The van der Waals surface area contributed by atoms with Gasteiger partial charge in [-0.05, 0) is 42.9 Å². The highest BCUT2D eigenvalue weighted by Crippen LogP contribution is 2.30. The summed E-state index contributed by atoms with van der Waals surface area (Å²) in [4.78, 5) is 14.4. The highest BCUT2D eigenvalue weighted by atomic mass is 16.2. The van der Waals surface area contributed by atoms with Crippen LogP contribution in [0.5, 0.6) is 0 Å². The molecule has 0 atom stereocenters. The molecule has 1 aromatic rings. The Morgan fingerprint density at radius 1 is 1.28 bits per heavy atom. The molecule has 3 nitrogen and oxygen atoms in total. The minimum Gasteiger partial charge on any atom is -0.398 e. The summed E-state index contributed by atoms with van der Waals surface area (Å²) in [5, 5.41) is 0. The third-order valence-electron chi connectivity index (χ3n) is 4.01. The lowest BCUT2D eigenvalue weighted by Crippen LogP contribution is -2.41. The second kappa shape index (κ2) is 4.63. The molecule has 2 N–H and O–H groups in total. The van der Waals surface area contributed by atoms with E-state index in [1.165, 1.54) is 0 Å². The van der Waals surface area contributed by atoms with Gasteiger partial charge in [0.2, 0.25) is 0 Å². The highest BCUT2D eigenvalue weighted by molar-refractivity contribution is 5.96. The average molecular weight is 246 g/mol. The van der Waals surface area contributed by atoms with Crippen LogP contribution in [0.3, 0.4) is 0 Å². The number of carbonyl (C=O) groups is 1. The SMILES string of the molecule is Cc1c(N)cccc1C(=O)N1CCC(C)(C)CC1. The van der Waals surface area contributed by atoms with Crippen molar-refractivity contribution < 1.29 is 4.79 Å². The van der Waals surface area contributed by atoms with Crippen molar-refractivity contribution in [3.63, 3.8) is 0 Å². The molecule has 98 valence electrons. The Morgan fingerprint density at radius 2 is 1.89 bits per heavy atom. The predicted molar refractivity (Wildman–Crippen MR) is 74.5 cm³/mol. The van der Waals surface area contributed by atoms with Crippen molar-refractivity contribution in [2.24, 2.45) is 5.41 Å². The number of nitrogens with two attached hydrogens (primary N) is 1. The lowest BCUT2D eigenvalue weighted by molar-refractivity contribution is 0.0629. The van der Waals surface area contributed by atoms with Gasteiger partial charge in [-0.15, -0.1) is 0 Å². The van der Waals surface area contributed by atoms with Crippen molar-refractivity contribution in [1.29, 1.82) is 0 Å². The number of likely N-dealkylation sites (tertiary alicyclic amines) is 1. The second-order valence-electron chi connectivity index (χ2n) is 5.98. The Balaban J connectivity index is 2.15. The van der Waals surface area contributed by atoms with Crippen LogP contribution >= 0.6 is 0 Å². The van der Waals surface area contributed by atoms with E-state index < -0.39 is 0 Å². The second-order valence-corrected chi connectivity index (χ2v) is 5.98. The average Bonchev–Trinajstić information content (AvgIpc) is 2.32. The molecule has 2 rings (SSSR count). The van der Waals surface area contributed by atoms with Gasteiger partial charge in [-0.25, -0.2) is 0 Å². The summed E-state index contributed by atoms with van der Waals surface area (Å²) in [7, 11) is 0. The summed E-state index contributed by atoms with van der Waals surface area (Å²) >= 11 is 0. The van der Waals surface area contributed by atoms with Crippen LogP contribution in [0.4, 0.5) is 5.69 Å². The first kappa shape index (κ1) is 12.9. The number of amides is 1. The van der Waals surface area contributed by atoms with E-state index in [9.17, 15) is 4.79 Å². The molecule has 0 unspecified atom stereocenters. The first-order valence-corrected chi connectivity index (χ1v) is 6.55. The fourth-order valence-corrected chi connectivity index (χ4v) is 2.37. The van der Waals surface area contributed by atoms with E-state index in [4.69, 9.17) is 5.73 Å². The van der Waals surface area contributed by atoms with Crippen LogP contribution in [-0.2, 0) is 0 Å². The van der Waals surface area contributed by atoms with E-state index in [0.717, 1.165) is 37.1 Å². The molecule has 0 saturated carbocycles. The first-order valence-electron chi connectivity index (χ1n) is 6.55. The summed E-state index contributed by atoms with van der Waals surface area (Å²) < 4.78 is 0. The molecule has 18 heavy (non-hydrogen) atoms. The van der Waals surface area contributed by atoms with Gasteiger partial charge in [-0.3, -0.25) is 4.79 Å². The van der Waals surface area contributed by atoms with Gasteiger partial charge in [-0.1, -0.05) is 19.9 Å². The van der Waals surface area contributed by atoms with Gasteiger partial charge in [0.25, 0.3) is 5.91 Å². The molecule has 1 aliphatic rings. The van der Waals surface area contributed by atoms with Crippen LogP contribution in [0.15, 0.2) is 18.2 Å². The Bertz CT molecular complexity index is 456. The van der Waals surface area contributed by atoms with Crippen molar-refractivity contribution in [3.8, 4) is 0 Å². The monoisotopic (exact) mass is 246 g/mol. The zero-order valence-corrected chi connectivity index (χ0v) is 11.5. The van der Waals surface area contributed by atoms with Crippen LogP contribution < -0.4 is 5.73 Å². The number of nitrogen functional groups attached to an aromatic ring is 1. The highest BCUT2D eigenvalue weighted by Gasteiger charge is 2.28. The molecule has 0 spiro atoms. The topological polar surface area (TPSA) is 46.3 Å². The number of hydrogen-bond acceptors (Lipinski definition) is 2. The van der Waals surface area contributed by atoms with Crippen LogP contribution in [0.25, 0.3) is 0 Å². The number of nitrogens with zero attached hydrogens (tertiary/aromatic N) is 1. The number of anilines is 1. The maximum Gasteiger partial charge on any atom is 0.254 e. The summed E-state index contributed by atoms with van der Waals surface area (Å²) in [5.41, 5.74) is 8.56. The molecule has 0 aromatic heterocycles. The summed E-state index contributed by atoms with van der Waals surface area (Å²) in [6, 6.07) is 5.56. The third-order valence-corrected chi connectivity index (χ3v) is 4.01. The van der Waals surface area contributed by atoms with E-state index in [1.54, 1.807) is 0 Å². The lowest BCUT2D eigenvalue weighted by Gasteiger charge is -2.37. The Morgan fingerprint density at radius 3 is 2.50 bits per heavy atom. The van der Waals surface area contributed by atoms with Gasteiger partial charge in [0.1, 0.15) is 0 Å². The molecule has 3 heteroatoms. The van der Waals surface area contributed by atoms with Crippen LogP contribution in [0.1, 0.15) is 42.6 Å². The van der Waals surface area contributed by atoms with E-state index in [-0.39, 0.29) is 5.91 Å². The fraction of sp³-hybridized carbons (Fsp3) is 0.533. The van der Waals surface area contributed by atoms with E-state index >= 15 is 0 Å². The smallest absolute Gasteiger partial charge is 0.254 e. The molecular weight excluding hydrogens is 224 g/mol. The van der Waals surface area contributed by atoms with Crippen molar-refractivity contribution in [2.45, 2.75) is 33.6 Å². The molecular formula is C15H22N2O. The maximum atomic E-state index is 12.5. The Labute approximate surface area is 109 Å². The quantitative estimate of drug-likeness (QED) is 0.774.